The third kappa shape index (κ3) is 5.29. The zero-order chi connectivity index (χ0) is 22.6. The number of amides is 1. The maximum Gasteiger partial charge on any atom is 0.273 e. The molecule has 0 aliphatic carbocycles. The van der Waals surface area contributed by atoms with E-state index in [1.807, 2.05) is 31.2 Å². The Labute approximate surface area is 196 Å². The van der Waals surface area contributed by atoms with Gasteiger partial charge in [0.2, 0.25) is 5.89 Å². The largest absolute Gasteiger partial charge is 0.447 e. The number of benzene rings is 2. The molecule has 1 aliphatic heterocycles. The first-order valence-electron chi connectivity index (χ1n) is 11.1. The van der Waals surface area contributed by atoms with Crippen LogP contribution in [0.1, 0.15) is 40.3 Å². The Morgan fingerprint density at radius 1 is 1.12 bits per heavy atom. The number of hydrogen-bond donors (Lipinski definition) is 1. The van der Waals surface area contributed by atoms with Crippen molar-refractivity contribution in [2.24, 2.45) is 0 Å². The summed E-state index contributed by atoms with van der Waals surface area (Å²) < 4.78 is 11.3. The van der Waals surface area contributed by atoms with E-state index in [0.29, 0.717) is 22.6 Å². The molecule has 1 saturated heterocycles. The number of nitrogens with zero attached hydrogens (tertiary/aromatic N) is 3. The van der Waals surface area contributed by atoms with Gasteiger partial charge >= 0.3 is 0 Å². The SMILES string of the molecule is Cc1cccc2oc(SCc3nc(C(=O)NC4CCN(Cc5ccccc5)CC4)co3)nc12. The highest BCUT2D eigenvalue weighted by Crippen LogP contribution is 2.27. The van der Waals surface area contributed by atoms with Gasteiger partial charge in [-0.05, 0) is 37.0 Å². The lowest BCUT2D eigenvalue weighted by Gasteiger charge is -2.32. The van der Waals surface area contributed by atoms with Crippen LogP contribution >= 0.6 is 11.8 Å². The van der Waals surface area contributed by atoms with Crippen LogP contribution in [0.3, 0.4) is 0 Å². The molecule has 0 saturated carbocycles. The second kappa shape index (κ2) is 9.80. The minimum Gasteiger partial charge on any atom is -0.447 e. The number of fused-ring (bicyclic) bond motifs is 1. The van der Waals surface area contributed by atoms with Crippen LogP contribution < -0.4 is 5.32 Å². The standard InChI is InChI=1S/C25H26N4O3S/c1-17-6-5-9-21-23(17)28-25(32-21)33-16-22-27-20(15-31-22)24(30)26-19-10-12-29(13-11-19)14-18-7-3-2-4-8-18/h2-9,15,19H,10-14,16H2,1H3,(H,26,30). The molecule has 5 rings (SSSR count). The van der Waals surface area contributed by atoms with Crippen molar-refractivity contribution in [3.63, 3.8) is 0 Å². The number of carbonyl (C=O) groups excluding carboxylic acids is 1. The molecule has 1 fully saturated rings. The number of aromatic nitrogens is 2. The van der Waals surface area contributed by atoms with Gasteiger partial charge in [-0.2, -0.15) is 0 Å². The van der Waals surface area contributed by atoms with Crippen molar-refractivity contribution in [3.8, 4) is 0 Å². The van der Waals surface area contributed by atoms with E-state index in [1.54, 1.807) is 0 Å². The summed E-state index contributed by atoms with van der Waals surface area (Å²) in [5.74, 6) is 0.729. The number of likely N-dealkylation sites (tertiary alicyclic amines) is 1. The number of hydrogen-bond acceptors (Lipinski definition) is 7. The Bertz CT molecular complexity index is 1230. The Balaban J connectivity index is 1.10. The average Bonchev–Trinajstić information content (AvgIpc) is 3.47. The summed E-state index contributed by atoms with van der Waals surface area (Å²) in [6.07, 6.45) is 3.28. The van der Waals surface area contributed by atoms with Crippen molar-refractivity contribution < 1.29 is 13.6 Å². The van der Waals surface area contributed by atoms with Gasteiger partial charge in [-0.1, -0.05) is 54.2 Å². The van der Waals surface area contributed by atoms with E-state index >= 15 is 0 Å². The molecular formula is C25H26N4O3S. The maximum atomic E-state index is 12.6. The van der Waals surface area contributed by atoms with Crippen LogP contribution in [0.4, 0.5) is 0 Å². The molecular weight excluding hydrogens is 436 g/mol. The van der Waals surface area contributed by atoms with E-state index < -0.39 is 0 Å². The Hall–Kier alpha value is -3.10. The van der Waals surface area contributed by atoms with Crippen molar-refractivity contribution in [2.75, 3.05) is 13.1 Å². The molecule has 1 N–H and O–H groups in total. The van der Waals surface area contributed by atoms with E-state index in [4.69, 9.17) is 8.83 Å². The molecule has 1 amide bonds. The van der Waals surface area contributed by atoms with E-state index in [-0.39, 0.29) is 11.9 Å². The predicted molar refractivity (Wildman–Crippen MR) is 127 cm³/mol. The highest BCUT2D eigenvalue weighted by Gasteiger charge is 2.22. The van der Waals surface area contributed by atoms with Crippen LogP contribution in [0.2, 0.25) is 0 Å². The van der Waals surface area contributed by atoms with Crippen molar-refractivity contribution in [1.29, 1.82) is 0 Å². The highest BCUT2D eigenvalue weighted by atomic mass is 32.2. The maximum absolute atomic E-state index is 12.6. The van der Waals surface area contributed by atoms with Crippen LogP contribution in [0.15, 0.2) is 68.9 Å². The molecule has 2 aromatic carbocycles. The van der Waals surface area contributed by atoms with Gasteiger partial charge in [-0.15, -0.1) is 0 Å². The van der Waals surface area contributed by atoms with Crippen LogP contribution in [-0.4, -0.2) is 39.9 Å². The molecule has 3 heterocycles. The van der Waals surface area contributed by atoms with Crippen LogP contribution in [0.5, 0.6) is 0 Å². The number of aryl methyl sites for hydroxylation is 1. The Morgan fingerprint density at radius 3 is 2.73 bits per heavy atom. The number of piperidine rings is 1. The quantitative estimate of drug-likeness (QED) is 0.395. The van der Waals surface area contributed by atoms with Gasteiger partial charge in [-0.3, -0.25) is 9.69 Å². The van der Waals surface area contributed by atoms with E-state index in [9.17, 15) is 4.79 Å². The van der Waals surface area contributed by atoms with Gasteiger partial charge in [0.05, 0.1) is 5.75 Å². The summed E-state index contributed by atoms with van der Waals surface area (Å²) in [6, 6.07) is 16.5. The van der Waals surface area contributed by atoms with Crippen LogP contribution in [-0.2, 0) is 12.3 Å². The van der Waals surface area contributed by atoms with Gasteiger partial charge in [0.15, 0.2) is 11.3 Å². The number of rotatable bonds is 7. The molecule has 7 nitrogen and oxygen atoms in total. The van der Waals surface area contributed by atoms with Gasteiger partial charge in [0, 0.05) is 25.7 Å². The first kappa shape index (κ1) is 21.7. The summed E-state index contributed by atoms with van der Waals surface area (Å²) in [4.78, 5) is 23.9. The number of oxazole rings is 2. The fourth-order valence-corrected chi connectivity index (χ4v) is 4.75. The number of thioether (sulfide) groups is 1. The topological polar surface area (TPSA) is 84.4 Å². The van der Waals surface area contributed by atoms with Crippen LogP contribution in [0, 0.1) is 6.92 Å². The predicted octanol–water partition coefficient (Wildman–Crippen LogP) is 4.81. The second-order valence-corrected chi connectivity index (χ2v) is 9.25. The first-order valence-corrected chi connectivity index (χ1v) is 12.1. The van der Waals surface area contributed by atoms with Crippen molar-refractivity contribution in [1.82, 2.24) is 20.2 Å². The molecule has 0 atom stereocenters. The molecule has 8 heteroatoms. The molecule has 0 unspecified atom stereocenters. The molecule has 0 bridgehead atoms. The number of para-hydroxylation sites is 1. The lowest BCUT2D eigenvalue weighted by atomic mass is 10.0. The molecule has 2 aromatic heterocycles. The van der Waals surface area contributed by atoms with Gasteiger partial charge in [-0.25, -0.2) is 9.97 Å². The summed E-state index contributed by atoms with van der Waals surface area (Å²) in [7, 11) is 0. The van der Waals surface area contributed by atoms with Crippen molar-refractivity contribution in [3.05, 3.63) is 77.5 Å². The third-order valence-corrected chi connectivity index (χ3v) is 6.69. The summed E-state index contributed by atoms with van der Waals surface area (Å²) in [6.45, 7) is 4.88. The van der Waals surface area contributed by atoms with Crippen molar-refractivity contribution >= 4 is 28.8 Å². The summed E-state index contributed by atoms with van der Waals surface area (Å²) in [5.41, 5.74) is 4.33. The minimum atomic E-state index is -0.186. The lowest BCUT2D eigenvalue weighted by molar-refractivity contribution is 0.0904. The smallest absolute Gasteiger partial charge is 0.273 e. The lowest BCUT2D eigenvalue weighted by Crippen LogP contribution is -2.44. The molecule has 170 valence electrons. The zero-order valence-electron chi connectivity index (χ0n) is 18.5. The van der Waals surface area contributed by atoms with E-state index in [1.165, 1.54) is 23.6 Å². The zero-order valence-corrected chi connectivity index (χ0v) is 19.3. The molecule has 0 spiro atoms. The highest BCUT2D eigenvalue weighted by molar-refractivity contribution is 7.98. The normalized spacial score (nSPS) is 15.2. The summed E-state index contributed by atoms with van der Waals surface area (Å²) >= 11 is 1.40. The average molecular weight is 463 g/mol. The van der Waals surface area contributed by atoms with Gasteiger partial charge in [0.25, 0.3) is 11.1 Å². The monoisotopic (exact) mass is 462 g/mol. The Morgan fingerprint density at radius 2 is 1.94 bits per heavy atom. The molecule has 33 heavy (non-hydrogen) atoms. The fraction of sp³-hybridized carbons (Fsp3) is 0.320. The van der Waals surface area contributed by atoms with Crippen molar-refractivity contribution in [2.45, 2.75) is 43.3 Å². The molecule has 4 aromatic rings. The Kier molecular flexibility index (Phi) is 6.46. The second-order valence-electron chi connectivity index (χ2n) is 8.33. The van der Waals surface area contributed by atoms with E-state index in [2.05, 4.69) is 44.5 Å². The van der Waals surface area contributed by atoms with Gasteiger partial charge < -0.3 is 14.2 Å². The fourth-order valence-electron chi connectivity index (χ4n) is 4.07. The van der Waals surface area contributed by atoms with Gasteiger partial charge in [0.1, 0.15) is 11.8 Å². The van der Waals surface area contributed by atoms with Crippen LogP contribution in [0.25, 0.3) is 11.1 Å². The minimum absolute atomic E-state index is 0.155. The number of nitrogens with one attached hydrogen (secondary N) is 1. The molecule has 0 radical (unpaired) electrons. The van der Waals surface area contributed by atoms with E-state index in [0.717, 1.165) is 49.1 Å². The third-order valence-electron chi connectivity index (χ3n) is 5.88. The summed E-state index contributed by atoms with van der Waals surface area (Å²) in [5, 5.41) is 3.67. The first-order chi connectivity index (χ1) is 16.1. The number of carbonyl (C=O) groups is 1. The molecule has 1 aliphatic rings.